The zero-order valence-electron chi connectivity index (χ0n) is 16.2. The Hall–Kier alpha value is 1.83. The summed E-state index contributed by atoms with van der Waals surface area (Å²) in [5.74, 6) is 6.41. The third-order valence-electron chi connectivity index (χ3n) is 5.29. The molecule has 136 valence electrons. The van der Waals surface area contributed by atoms with E-state index >= 15 is 0 Å². The second-order valence-electron chi connectivity index (χ2n) is 9.13. The number of hydrogen-bond acceptors (Lipinski definition) is 4. The summed E-state index contributed by atoms with van der Waals surface area (Å²) in [5.41, 5.74) is 0. The molecule has 2 aliphatic rings. The first-order valence-corrected chi connectivity index (χ1v) is 20.0. The van der Waals surface area contributed by atoms with Gasteiger partial charge in [0.15, 0.2) is 0 Å². The van der Waals surface area contributed by atoms with Crippen LogP contribution in [0.4, 0.5) is 0 Å². The molecular formula is C17H36S4Si2. The molecule has 0 saturated carbocycles. The van der Waals surface area contributed by atoms with Crippen molar-refractivity contribution in [3.8, 4) is 0 Å². The Balaban J connectivity index is 2.27. The van der Waals surface area contributed by atoms with E-state index in [1.54, 1.807) is 0 Å². The number of thioether (sulfide) groups is 4. The van der Waals surface area contributed by atoms with Crippen molar-refractivity contribution in [2.24, 2.45) is 5.92 Å². The van der Waals surface area contributed by atoms with Gasteiger partial charge in [-0.05, 0) is 48.2 Å². The van der Waals surface area contributed by atoms with Crippen LogP contribution >= 0.6 is 47.0 Å². The first-order valence-electron chi connectivity index (χ1n) is 9.10. The van der Waals surface area contributed by atoms with Gasteiger partial charge in [0.25, 0.3) is 0 Å². The van der Waals surface area contributed by atoms with E-state index in [0.29, 0.717) is 7.40 Å². The Labute approximate surface area is 164 Å². The lowest BCUT2D eigenvalue weighted by atomic mass is 10.1. The van der Waals surface area contributed by atoms with Gasteiger partial charge in [-0.1, -0.05) is 46.2 Å². The van der Waals surface area contributed by atoms with E-state index in [9.17, 15) is 0 Å². The highest BCUT2D eigenvalue weighted by molar-refractivity contribution is 8.22. The van der Waals surface area contributed by atoms with Crippen LogP contribution in [-0.4, -0.2) is 46.6 Å². The van der Waals surface area contributed by atoms with Crippen LogP contribution in [0.1, 0.15) is 26.2 Å². The maximum Gasteiger partial charge on any atom is 0.0755 e. The monoisotopic (exact) mass is 424 g/mol. The second-order valence-corrected chi connectivity index (χ2v) is 27.2. The van der Waals surface area contributed by atoms with Crippen molar-refractivity contribution in [3.05, 3.63) is 0 Å². The average Bonchev–Trinajstić information content (AvgIpc) is 2.46. The molecule has 2 fully saturated rings. The minimum Gasteiger partial charge on any atom is -0.148 e. The lowest BCUT2D eigenvalue weighted by Crippen LogP contribution is -2.57. The lowest BCUT2D eigenvalue weighted by Gasteiger charge is -2.54. The van der Waals surface area contributed by atoms with Gasteiger partial charge >= 0.3 is 0 Å². The SMILES string of the molecule is CC(CC1([Si](C)(C)C)SCCCS1)C1([Si](C)(C)C)SCCCS1. The zero-order chi connectivity index (χ0) is 17.4. The summed E-state index contributed by atoms with van der Waals surface area (Å²) in [6.45, 7) is 18.3. The first kappa shape index (κ1) is 21.1. The molecule has 2 aliphatic heterocycles. The number of rotatable bonds is 5. The van der Waals surface area contributed by atoms with E-state index in [0.717, 1.165) is 5.92 Å². The summed E-state index contributed by atoms with van der Waals surface area (Å²) in [5, 5.41) is 0. The Kier molecular flexibility index (Phi) is 7.20. The summed E-state index contributed by atoms with van der Waals surface area (Å²) in [6, 6.07) is 0. The Morgan fingerprint density at radius 2 is 1.17 bits per heavy atom. The Bertz CT molecular complexity index is 388. The van der Waals surface area contributed by atoms with Gasteiger partial charge in [0.05, 0.1) is 23.6 Å². The number of hydrogen-bond donors (Lipinski definition) is 0. The van der Waals surface area contributed by atoms with Crippen LogP contribution in [0, 0.1) is 5.92 Å². The van der Waals surface area contributed by atoms with Crippen molar-refractivity contribution >= 4 is 63.2 Å². The highest BCUT2D eigenvalue weighted by Gasteiger charge is 2.54. The van der Waals surface area contributed by atoms with Crippen LogP contribution in [-0.2, 0) is 0 Å². The molecule has 0 spiro atoms. The standard InChI is InChI=1S/C17H36S4Si2/c1-15(17(23(5,6)7)20-12-9-13-21-17)14-16(22(2,3)4)18-10-8-11-19-16/h15H,8-14H2,1-7H3. The molecule has 0 bridgehead atoms. The van der Waals surface area contributed by atoms with Gasteiger partial charge in [-0.15, -0.1) is 47.0 Å². The minimum atomic E-state index is -1.22. The van der Waals surface area contributed by atoms with Crippen LogP contribution in [0.5, 0.6) is 0 Å². The third-order valence-corrected chi connectivity index (χ3v) is 25.8. The molecule has 0 radical (unpaired) electrons. The highest BCUT2D eigenvalue weighted by atomic mass is 32.2. The van der Waals surface area contributed by atoms with Crippen LogP contribution in [0.2, 0.25) is 39.3 Å². The van der Waals surface area contributed by atoms with E-state index < -0.39 is 16.1 Å². The zero-order valence-corrected chi connectivity index (χ0v) is 21.4. The van der Waals surface area contributed by atoms with Gasteiger partial charge in [-0.2, -0.15) is 0 Å². The van der Waals surface area contributed by atoms with Gasteiger partial charge in [0, 0.05) is 0 Å². The van der Waals surface area contributed by atoms with Crippen LogP contribution in [0.15, 0.2) is 0 Å². The maximum atomic E-state index is 2.62. The molecule has 0 aliphatic carbocycles. The molecule has 1 atom stereocenters. The fourth-order valence-corrected chi connectivity index (χ4v) is 20.6. The normalized spacial score (nSPS) is 26.7. The van der Waals surface area contributed by atoms with Crippen LogP contribution in [0.25, 0.3) is 0 Å². The molecule has 0 aromatic rings. The van der Waals surface area contributed by atoms with Crippen molar-refractivity contribution < 1.29 is 0 Å². The molecule has 1 unspecified atom stereocenters. The van der Waals surface area contributed by atoms with E-state index in [1.807, 2.05) is 0 Å². The molecule has 23 heavy (non-hydrogen) atoms. The van der Waals surface area contributed by atoms with Crippen molar-refractivity contribution in [3.63, 3.8) is 0 Å². The Morgan fingerprint density at radius 3 is 1.57 bits per heavy atom. The minimum absolute atomic E-state index is 0.538. The quantitative estimate of drug-likeness (QED) is 0.440. The molecule has 0 aromatic heterocycles. The van der Waals surface area contributed by atoms with E-state index in [-0.39, 0.29) is 0 Å². The van der Waals surface area contributed by atoms with Gasteiger partial charge < -0.3 is 0 Å². The van der Waals surface area contributed by atoms with Crippen molar-refractivity contribution in [1.29, 1.82) is 0 Å². The first-order chi connectivity index (χ1) is 10.5. The van der Waals surface area contributed by atoms with Gasteiger partial charge in [-0.3, -0.25) is 0 Å². The van der Waals surface area contributed by atoms with Gasteiger partial charge in [0.2, 0.25) is 0 Å². The fraction of sp³-hybridized carbons (Fsp3) is 1.00. The van der Waals surface area contributed by atoms with Crippen LogP contribution < -0.4 is 0 Å². The largest absolute Gasteiger partial charge is 0.148 e. The smallest absolute Gasteiger partial charge is 0.0755 e. The fourth-order valence-electron chi connectivity index (χ4n) is 3.97. The second kappa shape index (κ2) is 7.83. The van der Waals surface area contributed by atoms with E-state index in [2.05, 4.69) is 93.3 Å². The average molecular weight is 425 g/mol. The summed E-state index contributed by atoms with van der Waals surface area (Å²) < 4.78 is 1.09. The van der Waals surface area contributed by atoms with Gasteiger partial charge in [-0.25, -0.2) is 0 Å². The van der Waals surface area contributed by atoms with E-state index in [1.165, 1.54) is 42.3 Å². The highest BCUT2D eigenvalue weighted by Crippen LogP contribution is 2.59. The Morgan fingerprint density at radius 1 is 0.739 bits per heavy atom. The maximum absolute atomic E-state index is 2.62. The molecule has 2 heterocycles. The molecule has 6 heteroatoms. The molecule has 2 rings (SSSR count). The summed E-state index contributed by atoms with van der Waals surface area (Å²) in [4.78, 5) is 0. The van der Waals surface area contributed by atoms with Crippen molar-refractivity contribution in [2.75, 3.05) is 23.0 Å². The predicted octanol–water partition coefficient (Wildman–Crippen LogP) is 6.90. The summed E-state index contributed by atoms with van der Waals surface area (Å²) in [6.07, 6.45) is 4.28. The topological polar surface area (TPSA) is 0 Å². The molecule has 0 amide bonds. The van der Waals surface area contributed by atoms with Crippen molar-refractivity contribution in [1.82, 2.24) is 0 Å². The van der Waals surface area contributed by atoms with Crippen molar-refractivity contribution in [2.45, 2.75) is 72.9 Å². The summed E-state index contributed by atoms with van der Waals surface area (Å²) in [7, 11) is -2.43. The molecule has 0 aromatic carbocycles. The third kappa shape index (κ3) is 4.40. The summed E-state index contributed by atoms with van der Waals surface area (Å²) >= 11 is 9.37. The molecule has 0 nitrogen and oxygen atoms in total. The predicted molar refractivity (Wildman–Crippen MR) is 125 cm³/mol. The molecule has 2 saturated heterocycles. The van der Waals surface area contributed by atoms with Gasteiger partial charge in [0.1, 0.15) is 0 Å². The van der Waals surface area contributed by atoms with Crippen LogP contribution in [0.3, 0.4) is 0 Å². The molecule has 0 N–H and O–H groups in total. The van der Waals surface area contributed by atoms with E-state index in [4.69, 9.17) is 0 Å². The molecular weight excluding hydrogens is 389 g/mol. The lowest BCUT2D eigenvalue weighted by molar-refractivity contribution is 0.547.